The molecule has 0 spiro atoms. The molecule has 3 heterocycles. The number of aromatic nitrogens is 3. The third kappa shape index (κ3) is 3.11. The van der Waals surface area contributed by atoms with Crippen LogP contribution in [0.15, 0.2) is 24.3 Å². The van der Waals surface area contributed by atoms with Crippen molar-refractivity contribution in [2.45, 2.75) is 45.9 Å². The molecule has 1 aliphatic heterocycles. The first kappa shape index (κ1) is 17.5. The summed E-state index contributed by atoms with van der Waals surface area (Å²) in [5.41, 5.74) is 2.38. The lowest BCUT2D eigenvalue weighted by Crippen LogP contribution is -2.47. The average molecular weight is 372 g/mol. The number of aryl methyl sites for hydroxylation is 2. The average Bonchev–Trinajstić information content (AvgIpc) is 3.07. The number of benzene rings is 1. The first-order chi connectivity index (χ1) is 12.4. The predicted molar refractivity (Wildman–Crippen MR) is 102 cm³/mol. The van der Waals surface area contributed by atoms with E-state index < -0.39 is 0 Å². The highest BCUT2D eigenvalue weighted by Crippen LogP contribution is 2.40. The molecule has 1 aliphatic rings. The number of nitrogens with zero attached hydrogens (tertiary/aromatic N) is 4. The molecule has 1 saturated heterocycles. The van der Waals surface area contributed by atoms with Crippen molar-refractivity contribution in [2.24, 2.45) is 0 Å². The Morgan fingerprint density at radius 1 is 1.15 bits per heavy atom. The SMILES string of the molecule is Cc1ccc([C@@H](c2sc3nc(C)nn3c2O)N2C[C@@H](C)O[C@@H](C)C2)cc1. The standard InChI is InChI=1S/C19H24N4O2S/c1-11-5-7-15(8-6-11)16(22-9-12(2)25-13(3)10-22)17-18(24)23-19(26-17)20-14(4)21-23/h5-8,12-13,16,24H,9-10H2,1-4H3/t12-,13+,16-/m0/s1. The zero-order valence-electron chi connectivity index (χ0n) is 15.5. The minimum absolute atomic E-state index is 0.0433. The van der Waals surface area contributed by atoms with Gasteiger partial charge in [0.2, 0.25) is 10.8 Å². The molecular weight excluding hydrogens is 348 g/mol. The highest BCUT2D eigenvalue weighted by Gasteiger charge is 2.33. The lowest BCUT2D eigenvalue weighted by Gasteiger charge is -2.40. The summed E-state index contributed by atoms with van der Waals surface area (Å²) in [6, 6.07) is 8.48. The second kappa shape index (κ2) is 6.64. The van der Waals surface area contributed by atoms with E-state index in [1.54, 1.807) is 4.52 Å². The molecule has 0 bridgehead atoms. The third-order valence-electron chi connectivity index (χ3n) is 4.76. The molecule has 0 aliphatic carbocycles. The molecule has 0 amide bonds. The molecule has 0 radical (unpaired) electrons. The summed E-state index contributed by atoms with van der Waals surface area (Å²) < 4.78 is 7.46. The third-order valence-corrected chi connectivity index (χ3v) is 5.83. The Morgan fingerprint density at radius 2 is 1.81 bits per heavy atom. The summed E-state index contributed by atoms with van der Waals surface area (Å²) >= 11 is 1.50. The van der Waals surface area contributed by atoms with E-state index in [0.717, 1.165) is 28.5 Å². The largest absolute Gasteiger partial charge is 0.492 e. The van der Waals surface area contributed by atoms with Crippen LogP contribution in [0.25, 0.3) is 4.96 Å². The van der Waals surface area contributed by atoms with Gasteiger partial charge >= 0.3 is 0 Å². The van der Waals surface area contributed by atoms with Gasteiger partial charge in [-0.15, -0.1) is 5.10 Å². The summed E-state index contributed by atoms with van der Waals surface area (Å²) in [6.07, 6.45) is 0.302. The van der Waals surface area contributed by atoms with Crippen LogP contribution >= 0.6 is 11.3 Å². The normalized spacial score (nSPS) is 22.8. The Morgan fingerprint density at radius 3 is 2.42 bits per heavy atom. The Bertz CT molecular complexity index is 908. The number of rotatable bonds is 3. The molecule has 7 heteroatoms. The van der Waals surface area contributed by atoms with Gasteiger partial charge in [-0.2, -0.15) is 4.52 Å². The van der Waals surface area contributed by atoms with Gasteiger partial charge in [-0.25, -0.2) is 4.98 Å². The number of hydrogen-bond donors (Lipinski definition) is 1. The Kier molecular flexibility index (Phi) is 4.46. The second-order valence-electron chi connectivity index (χ2n) is 7.17. The molecule has 0 unspecified atom stereocenters. The first-order valence-corrected chi connectivity index (χ1v) is 9.75. The first-order valence-electron chi connectivity index (χ1n) is 8.93. The monoisotopic (exact) mass is 372 g/mol. The quantitative estimate of drug-likeness (QED) is 0.764. The van der Waals surface area contributed by atoms with Gasteiger partial charge in [-0.1, -0.05) is 41.2 Å². The van der Waals surface area contributed by atoms with Crippen molar-refractivity contribution in [3.63, 3.8) is 0 Å². The van der Waals surface area contributed by atoms with Crippen molar-refractivity contribution in [3.8, 4) is 5.88 Å². The van der Waals surface area contributed by atoms with Crippen molar-refractivity contribution < 1.29 is 9.84 Å². The maximum absolute atomic E-state index is 10.9. The topological polar surface area (TPSA) is 62.9 Å². The molecule has 4 rings (SSSR count). The molecular formula is C19H24N4O2S. The number of hydrogen-bond acceptors (Lipinski definition) is 6. The van der Waals surface area contributed by atoms with E-state index in [1.165, 1.54) is 16.9 Å². The van der Waals surface area contributed by atoms with Crippen molar-refractivity contribution in [1.29, 1.82) is 0 Å². The van der Waals surface area contributed by atoms with Crippen LogP contribution in [0.3, 0.4) is 0 Å². The molecule has 0 saturated carbocycles. The molecule has 26 heavy (non-hydrogen) atoms. The molecule has 3 aromatic rings. The summed E-state index contributed by atoms with van der Waals surface area (Å²) in [7, 11) is 0. The zero-order chi connectivity index (χ0) is 18.4. The van der Waals surface area contributed by atoms with Crippen LogP contribution in [-0.2, 0) is 4.74 Å². The number of thiazole rings is 1. The van der Waals surface area contributed by atoms with Crippen molar-refractivity contribution in [2.75, 3.05) is 13.1 Å². The maximum atomic E-state index is 10.9. The number of aromatic hydroxyl groups is 1. The summed E-state index contributed by atoms with van der Waals surface area (Å²) in [6.45, 7) is 9.74. The van der Waals surface area contributed by atoms with Crippen LogP contribution in [0.2, 0.25) is 0 Å². The molecule has 138 valence electrons. The van der Waals surface area contributed by atoms with E-state index in [1.807, 2.05) is 6.92 Å². The van der Waals surface area contributed by atoms with E-state index in [0.29, 0.717) is 5.82 Å². The van der Waals surface area contributed by atoms with E-state index in [2.05, 4.69) is 60.0 Å². The smallest absolute Gasteiger partial charge is 0.230 e. The van der Waals surface area contributed by atoms with E-state index in [9.17, 15) is 5.11 Å². The minimum Gasteiger partial charge on any atom is -0.492 e. The fourth-order valence-corrected chi connectivity index (χ4v) is 4.89. The molecule has 1 aromatic carbocycles. The molecule has 2 aromatic heterocycles. The number of ether oxygens (including phenoxy) is 1. The van der Waals surface area contributed by atoms with Gasteiger partial charge in [-0.05, 0) is 33.3 Å². The Labute approximate surface area is 157 Å². The lowest BCUT2D eigenvalue weighted by atomic mass is 10.0. The molecule has 1 N–H and O–H groups in total. The minimum atomic E-state index is -0.0433. The summed E-state index contributed by atoms with van der Waals surface area (Å²) in [5.74, 6) is 0.849. The second-order valence-corrected chi connectivity index (χ2v) is 8.18. The van der Waals surface area contributed by atoms with Gasteiger partial charge in [0.15, 0.2) is 0 Å². The van der Waals surface area contributed by atoms with Gasteiger partial charge in [0, 0.05) is 13.1 Å². The highest BCUT2D eigenvalue weighted by molar-refractivity contribution is 7.17. The van der Waals surface area contributed by atoms with Crippen LogP contribution in [0.1, 0.15) is 41.7 Å². The Hall–Kier alpha value is -1.96. The maximum Gasteiger partial charge on any atom is 0.230 e. The highest BCUT2D eigenvalue weighted by atomic mass is 32.1. The number of fused-ring (bicyclic) bond motifs is 1. The van der Waals surface area contributed by atoms with Crippen LogP contribution in [0.4, 0.5) is 0 Å². The van der Waals surface area contributed by atoms with E-state index in [4.69, 9.17) is 4.74 Å². The van der Waals surface area contributed by atoms with E-state index >= 15 is 0 Å². The number of morpholine rings is 1. The van der Waals surface area contributed by atoms with Gasteiger partial charge in [0.1, 0.15) is 5.82 Å². The fourth-order valence-electron chi connectivity index (χ4n) is 3.73. The lowest BCUT2D eigenvalue weighted by molar-refractivity contribution is -0.0764. The fraction of sp³-hybridized carbons (Fsp3) is 0.474. The van der Waals surface area contributed by atoms with Crippen molar-refractivity contribution in [3.05, 3.63) is 46.1 Å². The zero-order valence-corrected chi connectivity index (χ0v) is 16.3. The van der Waals surface area contributed by atoms with Crippen molar-refractivity contribution in [1.82, 2.24) is 19.5 Å². The van der Waals surface area contributed by atoms with Gasteiger partial charge < -0.3 is 9.84 Å². The van der Waals surface area contributed by atoms with E-state index in [-0.39, 0.29) is 24.1 Å². The molecule has 6 nitrogen and oxygen atoms in total. The van der Waals surface area contributed by atoms with Gasteiger partial charge in [-0.3, -0.25) is 4.90 Å². The summed E-state index contributed by atoms with van der Waals surface area (Å²) in [5, 5.41) is 15.2. The molecule has 1 fully saturated rings. The van der Waals surface area contributed by atoms with Gasteiger partial charge in [0.05, 0.1) is 23.1 Å². The van der Waals surface area contributed by atoms with Gasteiger partial charge in [0.25, 0.3) is 0 Å². The molecule has 3 atom stereocenters. The van der Waals surface area contributed by atoms with Crippen LogP contribution < -0.4 is 0 Å². The van der Waals surface area contributed by atoms with Crippen LogP contribution in [0, 0.1) is 13.8 Å². The van der Waals surface area contributed by atoms with Crippen LogP contribution in [-0.4, -0.2) is 49.9 Å². The summed E-state index contributed by atoms with van der Waals surface area (Å²) in [4.78, 5) is 8.42. The van der Waals surface area contributed by atoms with Crippen molar-refractivity contribution >= 4 is 16.3 Å². The van der Waals surface area contributed by atoms with Crippen LogP contribution in [0.5, 0.6) is 5.88 Å². The Balaban J connectivity index is 1.82. The predicted octanol–water partition coefficient (Wildman–Crippen LogP) is 3.31.